The van der Waals surface area contributed by atoms with Crippen molar-refractivity contribution in [3.8, 4) is 0 Å². The van der Waals surface area contributed by atoms with Crippen LogP contribution >= 0.6 is 0 Å². The number of hydrogen-bond donors (Lipinski definition) is 2. The van der Waals surface area contributed by atoms with Gasteiger partial charge in [0.25, 0.3) is 0 Å². The van der Waals surface area contributed by atoms with Gasteiger partial charge < -0.3 is 16.0 Å². The Morgan fingerprint density at radius 1 is 0.976 bits per heavy atom. The third kappa shape index (κ3) is 6.67. The summed E-state index contributed by atoms with van der Waals surface area (Å²) in [6.07, 6.45) is 16.0. The summed E-state index contributed by atoms with van der Waals surface area (Å²) in [6.45, 7) is 39.3. The van der Waals surface area contributed by atoms with Crippen molar-refractivity contribution in [2.75, 3.05) is 6.54 Å². The third-order valence-electron chi connectivity index (χ3n) is 10.5. The molecule has 0 aliphatic carbocycles. The van der Waals surface area contributed by atoms with Crippen molar-refractivity contribution in [1.82, 2.24) is 10.2 Å². The SMILES string of the molecule is C=C1/C=C\C=C/C/C=N\N=C1N1C(C)(C)CC(C)(C)C(C(C)(C)CCC)(C(C)(N)CC(C)NCC)C(C)(C)CC1(C)C. The van der Waals surface area contributed by atoms with Crippen LogP contribution in [0.3, 0.4) is 0 Å². The molecule has 1 fully saturated rings. The van der Waals surface area contributed by atoms with Crippen molar-refractivity contribution in [3.63, 3.8) is 0 Å². The van der Waals surface area contributed by atoms with Gasteiger partial charge in [0.2, 0.25) is 0 Å². The van der Waals surface area contributed by atoms with Crippen LogP contribution in [0.4, 0.5) is 0 Å². The predicted octanol–water partition coefficient (Wildman–Crippen LogP) is 9.07. The summed E-state index contributed by atoms with van der Waals surface area (Å²) in [6, 6.07) is 0.327. The van der Waals surface area contributed by atoms with Crippen LogP contribution in [0.2, 0.25) is 0 Å². The number of allylic oxidation sites excluding steroid dienone is 3. The van der Waals surface area contributed by atoms with Crippen LogP contribution in [0.25, 0.3) is 0 Å². The van der Waals surface area contributed by atoms with E-state index in [1.165, 1.54) is 0 Å². The molecule has 3 N–H and O–H groups in total. The van der Waals surface area contributed by atoms with Crippen molar-refractivity contribution in [2.45, 2.75) is 158 Å². The first-order chi connectivity index (χ1) is 19.1. The van der Waals surface area contributed by atoms with Crippen LogP contribution in [-0.2, 0) is 0 Å². The standard InChI is InChI=1S/C37H67N5/c1-16-23-31(5,6)37(36(15,38)25-29(4)39-17-2)32(7,8)26-34(11,12)42(35(13,14)27-33(37,9)10)30-28(3)22-20-18-19-21-24-40-41-30/h18-20,22,24,29,39H,3,16-17,21,23,25-27,38H2,1-2,4-15H3/b19-18-,22-20-,40-24-,41-30?. The minimum atomic E-state index is -0.439. The van der Waals surface area contributed by atoms with E-state index in [9.17, 15) is 0 Å². The normalized spacial score (nSPS) is 27.9. The lowest BCUT2D eigenvalue weighted by Crippen LogP contribution is -2.76. The minimum Gasteiger partial charge on any atom is -0.344 e. The molecule has 0 amide bonds. The van der Waals surface area contributed by atoms with Crippen LogP contribution in [-0.4, -0.2) is 46.2 Å². The molecule has 0 spiro atoms. The van der Waals surface area contributed by atoms with Crippen LogP contribution in [0.1, 0.15) is 135 Å². The zero-order valence-electron chi connectivity index (χ0n) is 30.0. The molecule has 5 heteroatoms. The van der Waals surface area contributed by atoms with Crippen molar-refractivity contribution in [3.05, 3.63) is 36.5 Å². The van der Waals surface area contributed by atoms with E-state index in [-0.39, 0.29) is 32.7 Å². The summed E-state index contributed by atoms with van der Waals surface area (Å²) in [4.78, 5) is 2.55. The topological polar surface area (TPSA) is 66.0 Å². The maximum atomic E-state index is 7.87. The van der Waals surface area contributed by atoms with Gasteiger partial charge in [-0.3, -0.25) is 0 Å². The average molecular weight is 582 g/mol. The highest BCUT2D eigenvalue weighted by molar-refractivity contribution is 6.01. The Morgan fingerprint density at radius 2 is 1.52 bits per heavy atom. The lowest BCUT2D eigenvalue weighted by Gasteiger charge is -2.74. The predicted molar refractivity (Wildman–Crippen MR) is 186 cm³/mol. The highest BCUT2D eigenvalue weighted by Crippen LogP contribution is 2.72. The number of rotatable bonds is 8. The highest BCUT2D eigenvalue weighted by atomic mass is 15.4. The Bertz CT molecular complexity index is 1030. The van der Waals surface area contributed by atoms with Gasteiger partial charge in [-0.2, -0.15) is 5.10 Å². The fourth-order valence-electron chi connectivity index (χ4n) is 11.9. The fourth-order valence-corrected chi connectivity index (χ4v) is 11.9. The van der Waals surface area contributed by atoms with E-state index >= 15 is 0 Å². The van der Waals surface area contributed by atoms with E-state index in [1.54, 1.807) is 0 Å². The van der Waals surface area contributed by atoms with Crippen molar-refractivity contribution < 1.29 is 0 Å². The molecular weight excluding hydrogens is 514 g/mol. The number of nitrogens with two attached hydrogens (primary N) is 1. The Balaban J connectivity index is 2.96. The Hall–Kier alpha value is -1.72. The summed E-state index contributed by atoms with van der Waals surface area (Å²) in [7, 11) is 0. The van der Waals surface area contributed by atoms with E-state index in [0.717, 1.165) is 56.5 Å². The van der Waals surface area contributed by atoms with Gasteiger partial charge in [0, 0.05) is 46.3 Å². The molecule has 5 nitrogen and oxygen atoms in total. The summed E-state index contributed by atoms with van der Waals surface area (Å²) >= 11 is 0. The summed E-state index contributed by atoms with van der Waals surface area (Å²) in [5.41, 5.74) is 7.30. The maximum absolute atomic E-state index is 7.87. The molecule has 2 heterocycles. The lowest BCUT2D eigenvalue weighted by molar-refractivity contribution is -0.230. The summed E-state index contributed by atoms with van der Waals surface area (Å²) in [5.74, 6) is 0.857. The van der Waals surface area contributed by atoms with Gasteiger partial charge >= 0.3 is 0 Å². The molecule has 2 unspecified atom stereocenters. The molecule has 0 aromatic heterocycles. The first-order valence-corrected chi connectivity index (χ1v) is 16.5. The smallest absolute Gasteiger partial charge is 0.158 e. The third-order valence-corrected chi connectivity index (χ3v) is 10.5. The quantitative estimate of drug-likeness (QED) is 0.300. The minimum absolute atomic E-state index is 0.0185. The second-order valence-corrected chi connectivity index (χ2v) is 16.8. The molecular formula is C37H67N5. The van der Waals surface area contributed by atoms with Crippen LogP contribution in [0.5, 0.6) is 0 Å². The maximum Gasteiger partial charge on any atom is 0.158 e. The molecule has 2 aliphatic heterocycles. The highest BCUT2D eigenvalue weighted by Gasteiger charge is 2.71. The number of nitrogens with one attached hydrogen (secondary N) is 1. The van der Waals surface area contributed by atoms with Gasteiger partial charge in [-0.25, -0.2) is 0 Å². The molecule has 0 saturated carbocycles. The van der Waals surface area contributed by atoms with Gasteiger partial charge in [-0.05, 0) is 90.0 Å². The zero-order chi connectivity index (χ0) is 32.4. The molecule has 0 radical (unpaired) electrons. The Labute approximate surface area is 260 Å². The van der Waals surface area contributed by atoms with E-state index in [2.05, 4.69) is 143 Å². The van der Waals surface area contributed by atoms with Gasteiger partial charge in [0.05, 0.1) is 0 Å². The van der Waals surface area contributed by atoms with Crippen LogP contribution in [0, 0.1) is 21.7 Å². The number of nitrogens with zero attached hydrogens (tertiary/aromatic N) is 3. The fraction of sp³-hybridized carbons (Fsp3) is 0.784. The summed E-state index contributed by atoms with van der Waals surface area (Å²) < 4.78 is 0. The summed E-state index contributed by atoms with van der Waals surface area (Å²) in [5, 5.41) is 13.1. The Kier molecular flexibility index (Phi) is 11.0. The molecule has 240 valence electrons. The van der Waals surface area contributed by atoms with Crippen molar-refractivity contribution in [2.24, 2.45) is 37.6 Å². The molecule has 0 bridgehead atoms. The second kappa shape index (κ2) is 12.7. The number of amidine groups is 1. The van der Waals surface area contributed by atoms with Gasteiger partial charge in [-0.1, -0.05) is 92.7 Å². The first-order valence-electron chi connectivity index (χ1n) is 16.5. The molecule has 0 aromatic carbocycles. The largest absolute Gasteiger partial charge is 0.344 e. The lowest BCUT2D eigenvalue weighted by atomic mass is 9.33. The van der Waals surface area contributed by atoms with E-state index in [0.29, 0.717) is 6.04 Å². The van der Waals surface area contributed by atoms with Gasteiger partial charge in [0.1, 0.15) is 0 Å². The number of likely N-dealkylation sites (tertiary alicyclic amines) is 1. The van der Waals surface area contributed by atoms with Crippen LogP contribution in [0.15, 0.2) is 46.7 Å². The van der Waals surface area contributed by atoms with Crippen molar-refractivity contribution >= 4 is 12.1 Å². The molecule has 1 saturated heterocycles. The molecule has 0 aromatic rings. The zero-order valence-corrected chi connectivity index (χ0v) is 30.0. The van der Waals surface area contributed by atoms with E-state index < -0.39 is 5.54 Å². The van der Waals surface area contributed by atoms with Gasteiger partial charge in [-0.15, -0.1) is 5.10 Å². The molecule has 2 rings (SSSR count). The molecule has 2 atom stereocenters. The molecule has 2 aliphatic rings. The molecule has 42 heavy (non-hydrogen) atoms. The number of hydrogen-bond acceptors (Lipinski definition) is 5. The van der Waals surface area contributed by atoms with E-state index in [4.69, 9.17) is 10.8 Å². The van der Waals surface area contributed by atoms with Crippen LogP contribution < -0.4 is 11.1 Å². The Morgan fingerprint density at radius 3 is 2.02 bits per heavy atom. The van der Waals surface area contributed by atoms with Gasteiger partial charge in [0.15, 0.2) is 5.84 Å². The monoisotopic (exact) mass is 582 g/mol. The first kappa shape index (κ1) is 36.5. The second-order valence-electron chi connectivity index (χ2n) is 16.8. The van der Waals surface area contributed by atoms with Crippen molar-refractivity contribution in [1.29, 1.82) is 0 Å². The van der Waals surface area contributed by atoms with E-state index in [1.807, 2.05) is 6.21 Å². The average Bonchev–Trinajstić information content (AvgIpc) is 2.76.